The number of nitrogens with zero attached hydrogens (tertiary/aromatic N) is 4. The van der Waals surface area contributed by atoms with E-state index in [4.69, 9.17) is 30.2 Å². The number of aliphatic hydroxyl groups is 1. The van der Waals surface area contributed by atoms with Crippen LogP contribution in [0.4, 0.5) is 0 Å². The third-order valence-electron chi connectivity index (χ3n) is 9.79. The van der Waals surface area contributed by atoms with E-state index in [9.17, 15) is 9.90 Å². The molecule has 55 heavy (non-hydrogen) atoms. The van der Waals surface area contributed by atoms with Crippen molar-refractivity contribution in [3.8, 4) is 0 Å². The summed E-state index contributed by atoms with van der Waals surface area (Å²) in [5, 5.41) is 20.0. The van der Waals surface area contributed by atoms with Crippen molar-refractivity contribution in [1.29, 1.82) is 0 Å². The zero-order chi connectivity index (χ0) is 40.1. The van der Waals surface area contributed by atoms with E-state index in [1.807, 2.05) is 149 Å². The van der Waals surface area contributed by atoms with E-state index >= 15 is 4.79 Å². The Hall–Kier alpha value is -4.62. The number of nitrogens with two attached hydrogens (primary N) is 1. The average molecular weight is 782 g/mol. The molecule has 2 heterocycles. The highest BCUT2D eigenvalue weighted by atomic mass is 32.1. The standard InChI is InChI=1S/C43H55N7O3S2/c1-28(2)37(47-42(54)49(5)26-32-21-13-15-23-45-32)40(52)34(25-30-17-9-7-10-18-30)39(51)35(36(44)31-19-11-8-12-20-31)41(53)38(29(3)4)48-43(55)50(6)27-33-22-14-16-24-46-33/h7-24,28-29,34-39,51H,25-27,44H2,1-6H3,(H,47,54)(H,48,55)/t34-,35-,36?,37-,38-,39?/m0/s1. The van der Waals surface area contributed by atoms with Gasteiger partial charge in [-0.1, -0.05) is 100 Å². The van der Waals surface area contributed by atoms with Gasteiger partial charge >= 0.3 is 0 Å². The maximum absolute atomic E-state index is 15.0. The van der Waals surface area contributed by atoms with E-state index < -0.39 is 36.1 Å². The summed E-state index contributed by atoms with van der Waals surface area (Å²) in [5.41, 5.74) is 10.2. The lowest BCUT2D eigenvalue weighted by molar-refractivity contribution is -0.137. The Morgan fingerprint density at radius 2 is 1.13 bits per heavy atom. The summed E-state index contributed by atoms with van der Waals surface area (Å²) in [4.78, 5) is 42.4. The number of benzene rings is 2. The molecule has 292 valence electrons. The third kappa shape index (κ3) is 12.2. The molecule has 4 rings (SSSR count). The van der Waals surface area contributed by atoms with Crippen molar-refractivity contribution in [3.63, 3.8) is 0 Å². The first kappa shape index (κ1) is 43.1. The molecule has 0 fully saturated rings. The second kappa shape index (κ2) is 20.9. The average Bonchev–Trinajstić information content (AvgIpc) is 3.18. The van der Waals surface area contributed by atoms with Crippen molar-refractivity contribution < 1.29 is 14.7 Å². The van der Waals surface area contributed by atoms with Crippen molar-refractivity contribution in [1.82, 2.24) is 30.4 Å². The van der Waals surface area contributed by atoms with Crippen LogP contribution in [0.25, 0.3) is 0 Å². The summed E-state index contributed by atoms with van der Waals surface area (Å²) in [6.45, 7) is 8.57. The smallest absolute Gasteiger partial charge is 0.169 e. The molecule has 0 aliphatic heterocycles. The first-order valence-corrected chi connectivity index (χ1v) is 19.5. The number of aromatic nitrogens is 2. The Bertz CT molecular complexity index is 1820. The van der Waals surface area contributed by atoms with E-state index in [-0.39, 0.29) is 29.8 Å². The third-order valence-corrected chi connectivity index (χ3v) is 10.7. The summed E-state index contributed by atoms with van der Waals surface area (Å²) in [6.07, 6.45) is 2.15. The lowest BCUT2D eigenvalue weighted by Gasteiger charge is -2.38. The van der Waals surface area contributed by atoms with Crippen LogP contribution in [0, 0.1) is 23.7 Å². The molecule has 6 atom stereocenters. The number of rotatable bonds is 18. The Kier molecular flexibility index (Phi) is 16.4. The minimum Gasteiger partial charge on any atom is -0.392 e. The van der Waals surface area contributed by atoms with Crippen LogP contribution < -0.4 is 16.4 Å². The number of nitrogens with one attached hydrogen (secondary N) is 2. The normalized spacial score (nSPS) is 14.6. The lowest BCUT2D eigenvalue weighted by Crippen LogP contribution is -2.57. The Morgan fingerprint density at radius 1 is 0.691 bits per heavy atom. The topological polar surface area (TPSA) is 137 Å². The molecule has 12 heteroatoms. The van der Waals surface area contributed by atoms with Crippen LogP contribution in [0.2, 0.25) is 0 Å². The van der Waals surface area contributed by atoms with Crippen LogP contribution in [0.1, 0.15) is 56.3 Å². The molecule has 0 aliphatic carbocycles. The molecule has 2 unspecified atom stereocenters. The first-order valence-electron chi connectivity index (χ1n) is 18.7. The Labute approximate surface area is 336 Å². The van der Waals surface area contributed by atoms with Gasteiger partial charge in [0.2, 0.25) is 0 Å². The van der Waals surface area contributed by atoms with Crippen molar-refractivity contribution in [2.75, 3.05) is 14.1 Å². The summed E-state index contributed by atoms with van der Waals surface area (Å²) in [7, 11) is 3.67. The highest BCUT2D eigenvalue weighted by molar-refractivity contribution is 7.80. The SMILES string of the molecule is CC(C)[C@H](NC(=S)N(C)Cc1ccccn1)C(=O)[C@@H](C(N)c1ccccc1)C(O)[C@H](Cc1ccccc1)C(=O)[C@@H](NC(=S)N(C)Cc1ccccn1)C(C)C. The van der Waals surface area contributed by atoms with Crippen LogP contribution in [0.5, 0.6) is 0 Å². The number of hydrogen-bond acceptors (Lipinski definition) is 8. The predicted molar refractivity (Wildman–Crippen MR) is 227 cm³/mol. The van der Waals surface area contributed by atoms with E-state index in [2.05, 4.69) is 20.6 Å². The molecule has 0 aliphatic rings. The number of aliphatic hydroxyl groups excluding tert-OH is 1. The van der Waals surface area contributed by atoms with Gasteiger partial charge in [-0.15, -0.1) is 0 Å². The quantitative estimate of drug-likeness (QED) is 0.0948. The predicted octanol–water partition coefficient (Wildman–Crippen LogP) is 5.51. The van der Waals surface area contributed by atoms with E-state index in [0.717, 1.165) is 17.0 Å². The second-order valence-corrected chi connectivity index (χ2v) is 15.5. The van der Waals surface area contributed by atoms with Crippen LogP contribution in [-0.4, -0.2) is 78.9 Å². The van der Waals surface area contributed by atoms with Gasteiger partial charge < -0.3 is 31.3 Å². The van der Waals surface area contributed by atoms with E-state index in [1.165, 1.54) is 0 Å². The Morgan fingerprint density at radius 3 is 1.56 bits per heavy atom. The van der Waals surface area contributed by atoms with Gasteiger partial charge in [0.05, 0.1) is 54.5 Å². The van der Waals surface area contributed by atoms with Gasteiger partial charge in [0, 0.05) is 32.5 Å². The summed E-state index contributed by atoms with van der Waals surface area (Å²) in [6, 6.07) is 27.5. The van der Waals surface area contributed by atoms with E-state index in [0.29, 0.717) is 28.9 Å². The molecule has 0 saturated carbocycles. The van der Waals surface area contributed by atoms with Gasteiger partial charge in [-0.3, -0.25) is 19.6 Å². The molecule has 0 amide bonds. The fourth-order valence-corrected chi connectivity index (χ4v) is 7.00. The minimum atomic E-state index is -1.47. The number of hydrogen-bond donors (Lipinski definition) is 4. The number of carbonyl (C=O) groups excluding carboxylic acids is 2. The fourth-order valence-electron chi connectivity index (χ4n) is 6.62. The zero-order valence-electron chi connectivity index (χ0n) is 32.6. The molecule has 2 aromatic heterocycles. The molecule has 5 N–H and O–H groups in total. The molecular weight excluding hydrogens is 727 g/mol. The van der Waals surface area contributed by atoms with Gasteiger partial charge in [-0.2, -0.15) is 0 Å². The number of Topliss-reactive ketones (excluding diaryl/α,β-unsaturated/α-hetero) is 2. The zero-order valence-corrected chi connectivity index (χ0v) is 34.2. The van der Waals surface area contributed by atoms with Gasteiger partial charge in [-0.05, 0) is 78.1 Å². The summed E-state index contributed by atoms with van der Waals surface area (Å²) >= 11 is 11.6. The van der Waals surface area contributed by atoms with Crippen molar-refractivity contribution in [3.05, 3.63) is 132 Å². The number of carbonyl (C=O) groups is 2. The van der Waals surface area contributed by atoms with Gasteiger partial charge in [0.1, 0.15) is 0 Å². The van der Waals surface area contributed by atoms with Crippen molar-refractivity contribution in [2.24, 2.45) is 29.4 Å². The Balaban J connectivity index is 1.70. The van der Waals surface area contributed by atoms with Crippen LogP contribution >= 0.6 is 24.4 Å². The number of ketones is 2. The molecule has 4 aromatic rings. The highest BCUT2D eigenvalue weighted by Crippen LogP contribution is 2.32. The van der Waals surface area contributed by atoms with Gasteiger partial charge in [-0.25, -0.2) is 0 Å². The molecule has 0 bridgehead atoms. The van der Waals surface area contributed by atoms with Crippen LogP contribution in [0.3, 0.4) is 0 Å². The highest BCUT2D eigenvalue weighted by Gasteiger charge is 2.45. The molecular formula is C43H55N7O3S2. The monoisotopic (exact) mass is 781 g/mol. The van der Waals surface area contributed by atoms with Crippen LogP contribution in [-0.2, 0) is 29.1 Å². The second-order valence-electron chi connectivity index (χ2n) is 14.8. The minimum absolute atomic E-state index is 0.179. The number of pyridine rings is 2. The first-order chi connectivity index (χ1) is 26.3. The maximum atomic E-state index is 15.0. The largest absolute Gasteiger partial charge is 0.392 e. The summed E-state index contributed by atoms with van der Waals surface area (Å²) < 4.78 is 0. The van der Waals surface area contributed by atoms with E-state index in [1.54, 1.807) is 12.4 Å². The van der Waals surface area contributed by atoms with Crippen LogP contribution in [0.15, 0.2) is 109 Å². The van der Waals surface area contributed by atoms with Crippen molar-refractivity contribution >= 4 is 46.2 Å². The fraction of sp³-hybridized carbons (Fsp3) is 0.395. The van der Waals surface area contributed by atoms with Gasteiger partial charge in [0.15, 0.2) is 21.8 Å². The molecule has 2 aromatic carbocycles. The number of thiocarbonyl (C=S) groups is 2. The maximum Gasteiger partial charge on any atom is 0.169 e. The lowest BCUT2D eigenvalue weighted by atomic mass is 9.73. The molecule has 10 nitrogen and oxygen atoms in total. The molecule has 0 spiro atoms. The van der Waals surface area contributed by atoms with Gasteiger partial charge in [0.25, 0.3) is 0 Å². The molecule has 0 radical (unpaired) electrons. The summed E-state index contributed by atoms with van der Waals surface area (Å²) in [5.74, 6) is -3.27. The van der Waals surface area contributed by atoms with Crippen molar-refractivity contribution in [2.45, 2.75) is 71.4 Å². The molecule has 0 saturated heterocycles.